The molecule has 0 saturated carbocycles. The van der Waals surface area contributed by atoms with E-state index >= 15 is 0 Å². The van der Waals surface area contributed by atoms with Crippen molar-refractivity contribution >= 4 is 34.7 Å². The summed E-state index contributed by atoms with van der Waals surface area (Å²) in [5.74, 6) is -0.521. The molecule has 4 aromatic heterocycles. The lowest BCUT2D eigenvalue weighted by Crippen LogP contribution is -2.42. The zero-order valence-corrected chi connectivity index (χ0v) is 20.3. The van der Waals surface area contributed by atoms with E-state index in [0.29, 0.717) is 33.8 Å². The number of rotatable bonds is 8. The van der Waals surface area contributed by atoms with Crippen LogP contribution < -0.4 is 16.0 Å². The van der Waals surface area contributed by atoms with Gasteiger partial charge in [-0.25, -0.2) is 18.7 Å². The number of fused-ring (bicyclic) bond motifs is 1. The van der Waals surface area contributed by atoms with Crippen molar-refractivity contribution in [2.45, 2.75) is 25.6 Å². The van der Waals surface area contributed by atoms with E-state index in [2.05, 4.69) is 31.0 Å². The van der Waals surface area contributed by atoms with Gasteiger partial charge in [-0.2, -0.15) is 10.4 Å². The zero-order valence-electron chi connectivity index (χ0n) is 20.3. The molecule has 0 aliphatic rings. The fourth-order valence-electron chi connectivity index (χ4n) is 3.47. The second kappa shape index (κ2) is 10.5. The number of anilines is 3. The molecule has 1 atom stereocenters. The van der Waals surface area contributed by atoms with E-state index in [1.54, 1.807) is 34.8 Å². The highest BCUT2D eigenvalue weighted by Crippen LogP contribution is 2.28. The van der Waals surface area contributed by atoms with Crippen LogP contribution in [-0.2, 0) is 0 Å². The van der Waals surface area contributed by atoms with Crippen LogP contribution in [0.1, 0.15) is 29.8 Å². The molecule has 1 unspecified atom stereocenters. The third-order valence-corrected chi connectivity index (χ3v) is 5.53. The van der Waals surface area contributed by atoms with E-state index in [1.165, 1.54) is 38.5 Å². The number of carboxylic acid groups (broad SMARTS) is 1. The standard InChI is InChI=1S/C25H23FN8O4/c1-25(2,38)21(26)13-30-23(35)17-12-28-19(20-5-4-16-7-14(9-27)10-31-34(16)20)8-18(17)32-15-3-6-22(29-11-15)33-24(36)37/h3-8,10-12,21,38H,13H2,1-2H3,(H,28,32)(H,29,33)(H,30,35)(H,36,37). The van der Waals surface area contributed by atoms with Gasteiger partial charge >= 0.3 is 6.09 Å². The Morgan fingerprint density at radius 2 is 1.95 bits per heavy atom. The summed E-state index contributed by atoms with van der Waals surface area (Å²) in [5, 5.41) is 39.8. The minimum atomic E-state index is -1.70. The lowest BCUT2D eigenvalue weighted by molar-refractivity contribution is -0.00177. The maximum atomic E-state index is 14.2. The first kappa shape index (κ1) is 26.0. The van der Waals surface area contributed by atoms with Crippen LogP contribution in [0.2, 0.25) is 0 Å². The molecule has 0 aliphatic carbocycles. The first-order valence-electron chi connectivity index (χ1n) is 11.3. The van der Waals surface area contributed by atoms with E-state index < -0.39 is 30.3 Å². The first-order chi connectivity index (χ1) is 18.0. The number of hydrogen-bond acceptors (Lipinski definition) is 8. The van der Waals surface area contributed by atoms with Crippen LogP contribution in [0.4, 0.5) is 26.4 Å². The van der Waals surface area contributed by atoms with Gasteiger partial charge in [0.05, 0.1) is 63.9 Å². The minimum absolute atomic E-state index is 0.0880. The normalized spacial score (nSPS) is 12.0. The average molecular weight is 519 g/mol. The summed E-state index contributed by atoms with van der Waals surface area (Å²) in [7, 11) is 0. The summed E-state index contributed by atoms with van der Waals surface area (Å²) in [6.07, 6.45) is 1.15. The van der Waals surface area contributed by atoms with E-state index in [0.717, 1.165) is 0 Å². The van der Waals surface area contributed by atoms with Gasteiger partial charge < -0.3 is 20.8 Å². The highest BCUT2D eigenvalue weighted by Gasteiger charge is 2.27. The van der Waals surface area contributed by atoms with Gasteiger partial charge in [0.25, 0.3) is 5.91 Å². The Balaban J connectivity index is 1.69. The van der Waals surface area contributed by atoms with Crippen LogP contribution in [0.15, 0.2) is 55.0 Å². The Morgan fingerprint density at radius 3 is 2.61 bits per heavy atom. The summed E-state index contributed by atoms with van der Waals surface area (Å²) < 4.78 is 15.8. The van der Waals surface area contributed by atoms with E-state index in [-0.39, 0.29) is 11.4 Å². The third kappa shape index (κ3) is 5.82. The van der Waals surface area contributed by atoms with Gasteiger partial charge in [0.15, 0.2) is 0 Å². The Bertz CT molecular complexity index is 1540. The molecule has 38 heavy (non-hydrogen) atoms. The minimum Gasteiger partial charge on any atom is -0.465 e. The van der Waals surface area contributed by atoms with Gasteiger partial charge in [0.2, 0.25) is 0 Å². The van der Waals surface area contributed by atoms with Crippen LogP contribution in [0.3, 0.4) is 0 Å². The van der Waals surface area contributed by atoms with Crippen LogP contribution in [-0.4, -0.2) is 60.1 Å². The average Bonchev–Trinajstić information content (AvgIpc) is 3.30. The molecule has 0 fully saturated rings. The van der Waals surface area contributed by atoms with Crippen molar-refractivity contribution in [3.8, 4) is 17.5 Å². The monoisotopic (exact) mass is 518 g/mol. The molecule has 0 aliphatic heterocycles. The molecule has 0 saturated heterocycles. The van der Waals surface area contributed by atoms with Gasteiger partial charge in [0, 0.05) is 6.20 Å². The second-order valence-corrected chi connectivity index (χ2v) is 8.84. The Morgan fingerprint density at radius 1 is 1.16 bits per heavy atom. The molecule has 5 N–H and O–H groups in total. The quantitative estimate of drug-likeness (QED) is 0.234. The van der Waals surface area contributed by atoms with Crippen LogP contribution in [0.25, 0.3) is 16.9 Å². The third-order valence-electron chi connectivity index (χ3n) is 5.53. The van der Waals surface area contributed by atoms with E-state index in [9.17, 15) is 19.1 Å². The summed E-state index contributed by atoms with van der Waals surface area (Å²) in [4.78, 5) is 32.2. The number of nitrogens with one attached hydrogen (secondary N) is 3. The maximum absolute atomic E-state index is 14.2. The van der Waals surface area contributed by atoms with Gasteiger partial charge in [0.1, 0.15) is 18.1 Å². The summed E-state index contributed by atoms with van der Waals surface area (Å²) in [5.41, 5.74) is 1.29. The number of nitriles is 1. The number of alkyl halides is 1. The fraction of sp³-hybridized carbons (Fsp3) is 0.200. The van der Waals surface area contributed by atoms with Crippen molar-refractivity contribution in [2.75, 3.05) is 17.2 Å². The number of hydrogen-bond donors (Lipinski definition) is 5. The number of aromatic nitrogens is 4. The molecule has 0 aromatic carbocycles. The van der Waals surface area contributed by atoms with E-state index in [1.807, 2.05) is 6.07 Å². The first-order valence-corrected chi connectivity index (χ1v) is 11.3. The highest BCUT2D eigenvalue weighted by molar-refractivity contribution is 6.00. The van der Waals surface area contributed by atoms with Crippen molar-refractivity contribution in [1.29, 1.82) is 5.26 Å². The number of halogens is 1. The lowest BCUT2D eigenvalue weighted by atomic mass is 10.0. The largest absolute Gasteiger partial charge is 0.465 e. The molecule has 0 bridgehead atoms. The van der Waals surface area contributed by atoms with Crippen molar-refractivity contribution in [2.24, 2.45) is 0 Å². The van der Waals surface area contributed by atoms with Crippen LogP contribution in [0, 0.1) is 11.3 Å². The number of pyridine rings is 2. The zero-order chi connectivity index (χ0) is 27.4. The van der Waals surface area contributed by atoms with Gasteiger partial charge in [-0.3, -0.25) is 15.1 Å². The summed E-state index contributed by atoms with van der Waals surface area (Å²) in [6, 6.07) is 11.8. The number of carbonyl (C=O) groups is 2. The Hall–Kier alpha value is -5.09. The predicted molar refractivity (Wildman–Crippen MR) is 136 cm³/mol. The molecule has 4 aromatic rings. The van der Waals surface area contributed by atoms with Crippen LogP contribution in [0.5, 0.6) is 0 Å². The van der Waals surface area contributed by atoms with Gasteiger partial charge in [-0.05, 0) is 50.2 Å². The Kier molecular flexibility index (Phi) is 7.17. The number of amides is 2. The molecule has 13 heteroatoms. The molecule has 194 valence electrons. The molecular weight excluding hydrogens is 495 g/mol. The van der Waals surface area contributed by atoms with Gasteiger partial charge in [-0.1, -0.05) is 0 Å². The van der Waals surface area contributed by atoms with E-state index in [4.69, 9.17) is 10.4 Å². The molecule has 4 rings (SSSR count). The number of carbonyl (C=O) groups excluding carboxylic acids is 1. The molecular formula is C25H23FN8O4. The lowest BCUT2D eigenvalue weighted by Gasteiger charge is -2.22. The van der Waals surface area contributed by atoms with Crippen molar-refractivity contribution in [3.05, 3.63) is 66.1 Å². The predicted octanol–water partition coefficient (Wildman–Crippen LogP) is 3.34. The number of nitrogens with zero attached hydrogens (tertiary/aromatic N) is 5. The smallest absolute Gasteiger partial charge is 0.410 e. The maximum Gasteiger partial charge on any atom is 0.410 e. The fourth-order valence-corrected chi connectivity index (χ4v) is 3.47. The number of aliphatic hydroxyl groups is 1. The second-order valence-electron chi connectivity index (χ2n) is 8.84. The Labute approximate surface area is 215 Å². The summed E-state index contributed by atoms with van der Waals surface area (Å²) in [6.45, 7) is 2.19. The van der Waals surface area contributed by atoms with Gasteiger partial charge in [-0.15, -0.1) is 0 Å². The molecule has 12 nitrogen and oxygen atoms in total. The van der Waals surface area contributed by atoms with Crippen molar-refractivity contribution < 1.29 is 24.2 Å². The SMILES string of the molecule is CC(C)(O)C(F)CNC(=O)c1cnc(-c2ccc3cc(C#N)cnn23)cc1Nc1ccc(NC(=O)O)nc1. The van der Waals surface area contributed by atoms with Crippen molar-refractivity contribution in [1.82, 2.24) is 24.9 Å². The molecule has 4 heterocycles. The highest BCUT2D eigenvalue weighted by atomic mass is 19.1. The van der Waals surface area contributed by atoms with Crippen molar-refractivity contribution in [3.63, 3.8) is 0 Å². The molecule has 2 amide bonds. The summed E-state index contributed by atoms with van der Waals surface area (Å²) >= 11 is 0. The molecule has 0 spiro atoms. The van der Waals surface area contributed by atoms with Crippen LogP contribution >= 0.6 is 0 Å². The topological polar surface area (TPSA) is 178 Å². The molecule has 0 radical (unpaired) electrons.